The number of hydrogen-bond donors (Lipinski definition) is 1. The van der Waals surface area contributed by atoms with Crippen LogP contribution in [0.2, 0.25) is 0 Å². The molecule has 1 aliphatic rings. The topological polar surface area (TPSA) is 52.0 Å². The third-order valence-electron chi connectivity index (χ3n) is 2.90. The molecule has 1 fully saturated rings. The summed E-state index contributed by atoms with van der Waals surface area (Å²) >= 11 is 0. The van der Waals surface area contributed by atoms with Crippen molar-refractivity contribution in [1.82, 2.24) is 14.8 Å². The molecule has 1 atom stereocenters. The summed E-state index contributed by atoms with van der Waals surface area (Å²) < 4.78 is 7.57. The van der Waals surface area contributed by atoms with Crippen molar-refractivity contribution in [3.63, 3.8) is 0 Å². The predicted molar refractivity (Wildman–Crippen MR) is 57.8 cm³/mol. The molecule has 1 N–H and O–H groups in total. The van der Waals surface area contributed by atoms with E-state index in [0.717, 1.165) is 31.2 Å². The summed E-state index contributed by atoms with van der Waals surface area (Å²) in [7, 11) is 3.84. The highest BCUT2D eigenvalue weighted by molar-refractivity contribution is 5.23. The Kier molecular flexibility index (Phi) is 3.20. The minimum Gasteiger partial charge on any atom is -0.378 e. The van der Waals surface area contributed by atoms with Crippen molar-refractivity contribution in [3.05, 3.63) is 5.82 Å². The molecule has 2 heterocycles. The SMILES string of the molecule is CNc1nnc(CCC2CCCO2)n1C. The number of aryl methyl sites for hydroxylation is 1. The molecule has 0 saturated carbocycles. The zero-order chi connectivity index (χ0) is 10.7. The molecule has 84 valence electrons. The first kappa shape index (κ1) is 10.4. The Labute approximate surface area is 89.8 Å². The number of ether oxygens (including phenoxy) is 1. The lowest BCUT2D eigenvalue weighted by Crippen LogP contribution is -2.09. The van der Waals surface area contributed by atoms with Crippen molar-refractivity contribution in [2.75, 3.05) is 19.0 Å². The van der Waals surface area contributed by atoms with Gasteiger partial charge in [0.1, 0.15) is 5.82 Å². The molecular formula is C10H18N4O. The fourth-order valence-corrected chi connectivity index (χ4v) is 1.96. The second-order valence-corrected chi connectivity index (χ2v) is 3.92. The van der Waals surface area contributed by atoms with E-state index in [9.17, 15) is 0 Å². The van der Waals surface area contributed by atoms with Crippen LogP contribution in [-0.4, -0.2) is 34.5 Å². The third kappa shape index (κ3) is 2.28. The van der Waals surface area contributed by atoms with Gasteiger partial charge in [0.05, 0.1) is 6.10 Å². The molecule has 1 unspecified atom stereocenters. The van der Waals surface area contributed by atoms with E-state index in [1.807, 2.05) is 18.7 Å². The van der Waals surface area contributed by atoms with Crippen LogP contribution >= 0.6 is 0 Å². The summed E-state index contributed by atoms with van der Waals surface area (Å²) in [5.74, 6) is 1.84. The number of anilines is 1. The van der Waals surface area contributed by atoms with E-state index in [4.69, 9.17) is 4.74 Å². The zero-order valence-electron chi connectivity index (χ0n) is 9.36. The highest BCUT2D eigenvalue weighted by Gasteiger charge is 2.16. The van der Waals surface area contributed by atoms with E-state index < -0.39 is 0 Å². The lowest BCUT2D eigenvalue weighted by molar-refractivity contribution is 0.104. The molecule has 0 bridgehead atoms. The van der Waals surface area contributed by atoms with Crippen LogP contribution < -0.4 is 5.32 Å². The van der Waals surface area contributed by atoms with Gasteiger partial charge in [-0.3, -0.25) is 0 Å². The molecule has 2 rings (SSSR count). The number of aromatic nitrogens is 3. The highest BCUT2D eigenvalue weighted by Crippen LogP contribution is 2.17. The van der Waals surface area contributed by atoms with Crippen LogP contribution in [0.25, 0.3) is 0 Å². The Morgan fingerprint density at radius 2 is 2.40 bits per heavy atom. The van der Waals surface area contributed by atoms with E-state index >= 15 is 0 Å². The predicted octanol–water partition coefficient (Wildman–Crippen LogP) is 0.968. The fourth-order valence-electron chi connectivity index (χ4n) is 1.96. The number of nitrogens with one attached hydrogen (secondary N) is 1. The van der Waals surface area contributed by atoms with Gasteiger partial charge >= 0.3 is 0 Å². The maximum absolute atomic E-state index is 5.57. The lowest BCUT2D eigenvalue weighted by atomic mass is 10.1. The molecule has 1 aliphatic heterocycles. The molecular weight excluding hydrogens is 192 g/mol. The van der Waals surface area contributed by atoms with Gasteiger partial charge in [-0.1, -0.05) is 0 Å². The van der Waals surface area contributed by atoms with Crippen molar-refractivity contribution in [2.45, 2.75) is 31.8 Å². The van der Waals surface area contributed by atoms with Crippen LogP contribution in [0.5, 0.6) is 0 Å². The van der Waals surface area contributed by atoms with E-state index in [-0.39, 0.29) is 0 Å². The van der Waals surface area contributed by atoms with Crippen LogP contribution in [0.3, 0.4) is 0 Å². The van der Waals surface area contributed by atoms with Gasteiger partial charge in [-0.25, -0.2) is 0 Å². The molecule has 1 aromatic rings. The van der Waals surface area contributed by atoms with Gasteiger partial charge in [0.25, 0.3) is 0 Å². The van der Waals surface area contributed by atoms with Gasteiger partial charge in [0.15, 0.2) is 0 Å². The Morgan fingerprint density at radius 3 is 3.00 bits per heavy atom. The first-order valence-corrected chi connectivity index (χ1v) is 5.49. The van der Waals surface area contributed by atoms with Gasteiger partial charge in [-0.05, 0) is 19.3 Å². The van der Waals surface area contributed by atoms with Crippen LogP contribution in [0, 0.1) is 0 Å². The molecule has 5 heteroatoms. The Hall–Kier alpha value is -1.10. The summed E-state index contributed by atoms with van der Waals surface area (Å²) in [6.07, 6.45) is 4.81. The minimum absolute atomic E-state index is 0.430. The second-order valence-electron chi connectivity index (χ2n) is 3.92. The van der Waals surface area contributed by atoms with E-state index in [0.29, 0.717) is 6.10 Å². The van der Waals surface area contributed by atoms with Gasteiger partial charge in [0, 0.05) is 27.1 Å². The van der Waals surface area contributed by atoms with Crippen LogP contribution in [-0.2, 0) is 18.2 Å². The molecule has 0 radical (unpaired) electrons. The summed E-state index contributed by atoms with van der Waals surface area (Å²) in [5.41, 5.74) is 0. The molecule has 0 spiro atoms. The van der Waals surface area contributed by atoms with Crippen LogP contribution in [0.15, 0.2) is 0 Å². The van der Waals surface area contributed by atoms with Crippen LogP contribution in [0.4, 0.5) is 5.95 Å². The Bertz CT molecular complexity index is 317. The van der Waals surface area contributed by atoms with Crippen molar-refractivity contribution in [2.24, 2.45) is 7.05 Å². The number of hydrogen-bond acceptors (Lipinski definition) is 4. The van der Waals surface area contributed by atoms with Gasteiger partial charge in [-0.2, -0.15) is 0 Å². The Morgan fingerprint density at radius 1 is 1.53 bits per heavy atom. The molecule has 0 amide bonds. The quantitative estimate of drug-likeness (QED) is 0.804. The van der Waals surface area contributed by atoms with Gasteiger partial charge < -0.3 is 14.6 Å². The van der Waals surface area contributed by atoms with Crippen molar-refractivity contribution in [3.8, 4) is 0 Å². The molecule has 0 aliphatic carbocycles. The smallest absolute Gasteiger partial charge is 0.224 e. The monoisotopic (exact) mass is 210 g/mol. The van der Waals surface area contributed by atoms with Crippen LogP contribution in [0.1, 0.15) is 25.1 Å². The highest BCUT2D eigenvalue weighted by atomic mass is 16.5. The average Bonchev–Trinajstić information content (AvgIpc) is 2.85. The first-order chi connectivity index (χ1) is 7.31. The van der Waals surface area contributed by atoms with Crippen molar-refractivity contribution < 1.29 is 4.74 Å². The normalized spacial score (nSPS) is 20.8. The fraction of sp³-hybridized carbons (Fsp3) is 0.800. The average molecular weight is 210 g/mol. The molecule has 15 heavy (non-hydrogen) atoms. The molecule has 5 nitrogen and oxygen atoms in total. The van der Waals surface area contributed by atoms with Crippen molar-refractivity contribution in [1.29, 1.82) is 0 Å². The standard InChI is InChI=1S/C10H18N4O/c1-11-10-13-12-9(14(10)2)6-5-8-4-3-7-15-8/h8H,3-7H2,1-2H3,(H,11,13). The van der Waals surface area contributed by atoms with E-state index in [1.54, 1.807) is 0 Å². The maximum atomic E-state index is 5.57. The third-order valence-corrected chi connectivity index (χ3v) is 2.90. The summed E-state index contributed by atoms with van der Waals surface area (Å²) in [6.45, 7) is 0.922. The number of nitrogens with zero attached hydrogens (tertiary/aromatic N) is 3. The van der Waals surface area contributed by atoms with E-state index in [2.05, 4.69) is 15.5 Å². The van der Waals surface area contributed by atoms with Gasteiger partial charge in [-0.15, -0.1) is 10.2 Å². The summed E-state index contributed by atoms with van der Waals surface area (Å²) in [6, 6.07) is 0. The Balaban J connectivity index is 1.89. The molecule has 1 aromatic heterocycles. The summed E-state index contributed by atoms with van der Waals surface area (Å²) in [4.78, 5) is 0. The minimum atomic E-state index is 0.430. The second kappa shape index (κ2) is 4.61. The first-order valence-electron chi connectivity index (χ1n) is 5.49. The molecule has 1 saturated heterocycles. The van der Waals surface area contributed by atoms with Gasteiger partial charge in [0.2, 0.25) is 5.95 Å². The largest absolute Gasteiger partial charge is 0.378 e. The lowest BCUT2D eigenvalue weighted by Gasteiger charge is -2.08. The van der Waals surface area contributed by atoms with Crippen molar-refractivity contribution >= 4 is 5.95 Å². The molecule has 0 aromatic carbocycles. The summed E-state index contributed by atoms with van der Waals surface area (Å²) in [5, 5.41) is 11.2. The van der Waals surface area contributed by atoms with E-state index in [1.165, 1.54) is 12.8 Å². The maximum Gasteiger partial charge on any atom is 0.224 e. The zero-order valence-corrected chi connectivity index (χ0v) is 9.36. The number of rotatable bonds is 4.